The maximum atomic E-state index is 11.7. The molecule has 0 aliphatic rings. The molecule has 0 spiro atoms. The third kappa shape index (κ3) is 4.90. The number of nitrogens with zero attached hydrogens (tertiary/aromatic N) is 2. The topological polar surface area (TPSA) is 98.0 Å². The van der Waals surface area contributed by atoms with Gasteiger partial charge in [0, 0.05) is 28.9 Å². The number of nitrogens with two attached hydrogens (primary N) is 1. The number of aromatic nitrogens is 2. The zero-order valence-electron chi connectivity index (χ0n) is 9.84. The Morgan fingerprint density at radius 3 is 2.88 bits per heavy atom. The van der Waals surface area contributed by atoms with Gasteiger partial charge < -0.3 is 11.1 Å². The van der Waals surface area contributed by atoms with E-state index in [1.165, 1.54) is 12.4 Å². The minimum Gasteiger partial charge on any atom is -0.382 e. The van der Waals surface area contributed by atoms with Crippen molar-refractivity contribution in [2.24, 2.45) is 0 Å². The van der Waals surface area contributed by atoms with Gasteiger partial charge in [-0.3, -0.25) is 14.0 Å². The molecular formula is C10H16N4O2S. The van der Waals surface area contributed by atoms with E-state index in [0.29, 0.717) is 12.2 Å². The van der Waals surface area contributed by atoms with Crippen LogP contribution < -0.4 is 11.1 Å². The number of carbonyl (C=O) groups excluding carboxylic acids is 1. The largest absolute Gasteiger partial charge is 0.382 e. The van der Waals surface area contributed by atoms with E-state index < -0.39 is 10.8 Å². The van der Waals surface area contributed by atoms with Gasteiger partial charge in [-0.1, -0.05) is 0 Å². The molecule has 0 saturated carbocycles. The van der Waals surface area contributed by atoms with Crippen LogP contribution >= 0.6 is 0 Å². The molecule has 0 bridgehead atoms. The number of nitrogen functional groups attached to an aromatic ring is 1. The van der Waals surface area contributed by atoms with Crippen LogP contribution in [-0.2, 0) is 10.8 Å². The van der Waals surface area contributed by atoms with Crippen molar-refractivity contribution in [3.63, 3.8) is 0 Å². The molecule has 0 saturated heterocycles. The summed E-state index contributed by atoms with van der Waals surface area (Å²) in [6.45, 7) is 1.85. The van der Waals surface area contributed by atoms with E-state index in [1.54, 1.807) is 6.26 Å². The summed E-state index contributed by atoms with van der Waals surface area (Å²) in [5, 5.41) is 2.75. The van der Waals surface area contributed by atoms with Gasteiger partial charge in [0.05, 0.1) is 12.4 Å². The van der Waals surface area contributed by atoms with Crippen LogP contribution in [0.4, 0.5) is 5.82 Å². The van der Waals surface area contributed by atoms with Crippen molar-refractivity contribution in [1.82, 2.24) is 15.3 Å². The zero-order valence-corrected chi connectivity index (χ0v) is 10.7. The quantitative estimate of drug-likeness (QED) is 0.769. The van der Waals surface area contributed by atoms with Crippen LogP contribution in [0.5, 0.6) is 0 Å². The Hall–Kier alpha value is -1.50. The minimum absolute atomic E-state index is 0.0605. The average Bonchev–Trinajstić information content (AvgIpc) is 2.26. The van der Waals surface area contributed by atoms with Crippen LogP contribution in [0.25, 0.3) is 0 Å². The second kappa shape index (κ2) is 6.29. The number of amides is 1. The first kappa shape index (κ1) is 13.6. The number of hydrogen-bond acceptors (Lipinski definition) is 5. The Balaban J connectivity index is 2.51. The molecule has 0 aliphatic carbocycles. The summed E-state index contributed by atoms with van der Waals surface area (Å²) in [5.41, 5.74) is 5.62. The number of hydrogen-bond donors (Lipinski definition) is 2. The predicted octanol–water partition coefficient (Wildman–Crippen LogP) is -0.0543. The van der Waals surface area contributed by atoms with Crippen LogP contribution in [-0.4, -0.2) is 38.1 Å². The molecule has 3 N–H and O–H groups in total. The molecule has 1 aromatic heterocycles. The van der Waals surface area contributed by atoms with Crippen molar-refractivity contribution < 1.29 is 9.00 Å². The van der Waals surface area contributed by atoms with E-state index in [4.69, 9.17) is 5.73 Å². The fourth-order valence-corrected chi connectivity index (χ4v) is 1.89. The van der Waals surface area contributed by atoms with Crippen LogP contribution in [0, 0.1) is 0 Å². The molecule has 6 nitrogen and oxygen atoms in total. The first-order chi connectivity index (χ1) is 7.99. The summed E-state index contributed by atoms with van der Waals surface area (Å²) in [4.78, 5) is 19.4. The lowest BCUT2D eigenvalue weighted by atomic mass is 10.2. The molecule has 1 heterocycles. The highest BCUT2D eigenvalue weighted by molar-refractivity contribution is 7.84. The van der Waals surface area contributed by atoms with Crippen molar-refractivity contribution in [3.05, 3.63) is 18.1 Å². The molecule has 94 valence electrons. The zero-order chi connectivity index (χ0) is 12.8. The Labute approximate surface area is 102 Å². The second-order valence-corrected chi connectivity index (χ2v) is 5.32. The lowest BCUT2D eigenvalue weighted by Crippen LogP contribution is -2.34. The summed E-state index contributed by atoms with van der Waals surface area (Å²) < 4.78 is 10.9. The Bertz CT molecular complexity index is 425. The highest BCUT2D eigenvalue weighted by Gasteiger charge is 2.11. The maximum Gasteiger partial charge on any atom is 0.271 e. The summed E-state index contributed by atoms with van der Waals surface area (Å²) in [5.74, 6) is 0.448. The van der Waals surface area contributed by atoms with Crippen LogP contribution in [0.3, 0.4) is 0 Å². The van der Waals surface area contributed by atoms with Gasteiger partial charge in [-0.05, 0) is 13.3 Å². The minimum atomic E-state index is -0.848. The SMILES string of the molecule is CC(CCS(C)=O)NC(=O)c1cncc(N)n1. The molecule has 1 amide bonds. The molecule has 0 radical (unpaired) electrons. The van der Waals surface area contributed by atoms with Crippen molar-refractivity contribution in [3.8, 4) is 0 Å². The van der Waals surface area contributed by atoms with Gasteiger partial charge in [0.1, 0.15) is 11.5 Å². The number of rotatable bonds is 5. The number of anilines is 1. The van der Waals surface area contributed by atoms with Crippen molar-refractivity contribution in [2.45, 2.75) is 19.4 Å². The van der Waals surface area contributed by atoms with Crippen molar-refractivity contribution >= 4 is 22.5 Å². The van der Waals surface area contributed by atoms with Gasteiger partial charge >= 0.3 is 0 Å². The van der Waals surface area contributed by atoms with Gasteiger partial charge in [0.25, 0.3) is 5.91 Å². The number of carbonyl (C=O) groups is 1. The highest BCUT2D eigenvalue weighted by atomic mass is 32.2. The fraction of sp³-hybridized carbons (Fsp3) is 0.500. The van der Waals surface area contributed by atoms with Gasteiger partial charge in [0.2, 0.25) is 0 Å². The smallest absolute Gasteiger partial charge is 0.271 e. The molecule has 0 fully saturated rings. The molecule has 1 rings (SSSR count). The third-order valence-corrected chi connectivity index (χ3v) is 2.91. The van der Waals surface area contributed by atoms with E-state index in [0.717, 1.165) is 0 Å². The van der Waals surface area contributed by atoms with E-state index in [-0.39, 0.29) is 23.5 Å². The van der Waals surface area contributed by atoms with Crippen molar-refractivity contribution in [1.29, 1.82) is 0 Å². The fourth-order valence-electron chi connectivity index (χ4n) is 1.20. The normalized spacial score (nSPS) is 14.0. The Kier molecular flexibility index (Phi) is 5.02. The molecule has 0 aliphatic heterocycles. The molecule has 1 aromatic rings. The molecule has 2 atom stereocenters. The van der Waals surface area contributed by atoms with E-state index in [2.05, 4.69) is 15.3 Å². The molecule has 7 heteroatoms. The van der Waals surface area contributed by atoms with Crippen LogP contribution in [0.1, 0.15) is 23.8 Å². The number of nitrogens with one attached hydrogen (secondary N) is 1. The summed E-state index contributed by atoms with van der Waals surface area (Å²) in [6, 6.07) is -0.0605. The summed E-state index contributed by atoms with van der Waals surface area (Å²) in [6.07, 6.45) is 5.03. The average molecular weight is 256 g/mol. The monoisotopic (exact) mass is 256 g/mol. The summed E-state index contributed by atoms with van der Waals surface area (Å²) >= 11 is 0. The van der Waals surface area contributed by atoms with Crippen molar-refractivity contribution in [2.75, 3.05) is 17.7 Å². The van der Waals surface area contributed by atoms with E-state index >= 15 is 0 Å². The van der Waals surface area contributed by atoms with Gasteiger partial charge in [-0.15, -0.1) is 0 Å². The van der Waals surface area contributed by atoms with Gasteiger partial charge in [-0.25, -0.2) is 4.98 Å². The molecule has 17 heavy (non-hydrogen) atoms. The molecular weight excluding hydrogens is 240 g/mol. The Morgan fingerprint density at radius 1 is 1.59 bits per heavy atom. The maximum absolute atomic E-state index is 11.7. The second-order valence-electron chi connectivity index (χ2n) is 3.77. The van der Waals surface area contributed by atoms with E-state index in [9.17, 15) is 9.00 Å². The first-order valence-corrected chi connectivity index (χ1v) is 6.90. The third-order valence-electron chi connectivity index (χ3n) is 2.10. The molecule has 0 aromatic carbocycles. The predicted molar refractivity (Wildman–Crippen MR) is 66.9 cm³/mol. The molecule has 2 unspecified atom stereocenters. The lowest BCUT2D eigenvalue weighted by Gasteiger charge is -2.12. The highest BCUT2D eigenvalue weighted by Crippen LogP contribution is 1.99. The van der Waals surface area contributed by atoms with Gasteiger partial charge in [0.15, 0.2) is 0 Å². The van der Waals surface area contributed by atoms with Crippen LogP contribution in [0.2, 0.25) is 0 Å². The first-order valence-electron chi connectivity index (χ1n) is 5.17. The Morgan fingerprint density at radius 2 is 2.29 bits per heavy atom. The van der Waals surface area contributed by atoms with Gasteiger partial charge in [-0.2, -0.15) is 0 Å². The summed E-state index contributed by atoms with van der Waals surface area (Å²) in [7, 11) is -0.848. The van der Waals surface area contributed by atoms with Crippen LogP contribution in [0.15, 0.2) is 12.4 Å². The van der Waals surface area contributed by atoms with E-state index in [1.807, 2.05) is 6.92 Å². The lowest BCUT2D eigenvalue weighted by molar-refractivity contribution is 0.0934. The standard InChI is InChI=1S/C10H16N4O2S/c1-7(3-4-17(2)16)13-10(15)8-5-12-6-9(11)14-8/h5-7H,3-4H2,1-2H3,(H2,11,14)(H,13,15).